The van der Waals surface area contributed by atoms with Crippen LogP contribution in [0, 0.1) is 11.8 Å². The van der Waals surface area contributed by atoms with Crippen LogP contribution in [0.1, 0.15) is 44.9 Å². The van der Waals surface area contributed by atoms with Crippen LogP contribution in [-0.4, -0.2) is 11.6 Å². The van der Waals surface area contributed by atoms with Gasteiger partial charge in [-0.2, -0.15) is 0 Å². The number of fused-ring (bicyclic) bond motifs is 1. The maximum absolute atomic E-state index is 5.97. The molecule has 0 aliphatic heterocycles. The molecule has 94 valence electrons. The summed E-state index contributed by atoms with van der Waals surface area (Å²) in [4.78, 5) is 4.42. The van der Waals surface area contributed by atoms with Gasteiger partial charge < -0.3 is 4.74 Å². The van der Waals surface area contributed by atoms with Crippen molar-refractivity contribution in [1.82, 2.24) is 4.98 Å². The Morgan fingerprint density at radius 3 is 2.88 bits per heavy atom. The van der Waals surface area contributed by atoms with Crippen molar-refractivity contribution in [2.24, 2.45) is 11.8 Å². The highest BCUT2D eigenvalue weighted by Crippen LogP contribution is 2.29. The second kappa shape index (κ2) is 5.52. The fourth-order valence-corrected chi connectivity index (χ4v) is 2.67. The Kier molecular flexibility index (Phi) is 4.03. The smallest absolute Gasteiger partial charge is 0.125 e. The van der Waals surface area contributed by atoms with E-state index >= 15 is 0 Å². The molecular formula is C15H23NO. The van der Waals surface area contributed by atoms with E-state index < -0.39 is 0 Å². The zero-order chi connectivity index (χ0) is 12.3. The molecule has 0 bridgehead atoms. The van der Waals surface area contributed by atoms with Crippen molar-refractivity contribution in [1.29, 1.82) is 0 Å². The fraction of sp³-hybridized carbons (Fsp3) is 0.667. The molecule has 2 heteroatoms. The Bertz CT molecular complexity index is 373. The van der Waals surface area contributed by atoms with E-state index in [0.29, 0.717) is 5.92 Å². The Morgan fingerprint density at radius 1 is 1.29 bits per heavy atom. The number of nitrogens with zero attached hydrogens (tertiary/aromatic N) is 1. The molecule has 1 heterocycles. The molecule has 1 atom stereocenters. The van der Waals surface area contributed by atoms with Crippen LogP contribution in [-0.2, 0) is 12.8 Å². The first-order valence-corrected chi connectivity index (χ1v) is 6.76. The molecule has 0 fully saturated rings. The molecule has 0 amide bonds. The van der Waals surface area contributed by atoms with E-state index in [1.807, 2.05) is 12.3 Å². The molecule has 1 aromatic heterocycles. The number of ether oxygens (including phenoxy) is 1. The number of hydrogen-bond donors (Lipinski definition) is 0. The van der Waals surface area contributed by atoms with E-state index in [1.165, 1.54) is 24.1 Å². The topological polar surface area (TPSA) is 22.1 Å². The summed E-state index contributed by atoms with van der Waals surface area (Å²) >= 11 is 0. The molecule has 1 aromatic rings. The quantitative estimate of drug-likeness (QED) is 0.774. The van der Waals surface area contributed by atoms with Crippen LogP contribution >= 0.6 is 0 Å². The SMILES string of the molecule is CC(C)CC(C)COc1ccnc2c1CCC2. The Morgan fingerprint density at radius 2 is 2.12 bits per heavy atom. The first kappa shape index (κ1) is 12.4. The van der Waals surface area contributed by atoms with E-state index in [9.17, 15) is 0 Å². The predicted molar refractivity (Wildman–Crippen MR) is 70.4 cm³/mol. The van der Waals surface area contributed by atoms with Crippen LogP contribution in [0.25, 0.3) is 0 Å². The fourth-order valence-electron chi connectivity index (χ4n) is 2.67. The van der Waals surface area contributed by atoms with Gasteiger partial charge in [0.15, 0.2) is 0 Å². The van der Waals surface area contributed by atoms with Gasteiger partial charge >= 0.3 is 0 Å². The third-order valence-corrected chi connectivity index (χ3v) is 3.34. The van der Waals surface area contributed by atoms with Crippen LogP contribution in [0.5, 0.6) is 5.75 Å². The Hall–Kier alpha value is -1.05. The number of pyridine rings is 1. The van der Waals surface area contributed by atoms with Crippen LogP contribution in [0.15, 0.2) is 12.3 Å². The highest BCUT2D eigenvalue weighted by molar-refractivity contribution is 5.38. The van der Waals surface area contributed by atoms with Gasteiger partial charge in [-0.15, -0.1) is 0 Å². The van der Waals surface area contributed by atoms with Gasteiger partial charge in [-0.3, -0.25) is 4.98 Å². The monoisotopic (exact) mass is 233 g/mol. The van der Waals surface area contributed by atoms with Gasteiger partial charge in [0.25, 0.3) is 0 Å². The van der Waals surface area contributed by atoms with E-state index in [1.54, 1.807) is 0 Å². The van der Waals surface area contributed by atoms with Gasteiger partial charge in [0.05, 0.1) is 6.61 Å². The normalized spacial score (nSPS) is 16.0. The van der Waals surface area contributed by atoms with Crippen molar-refractivity contribution < 1.29 is 4.74 Å². The van der Waals surface area contributed by atoms with Crippen LogP contribution < -0.4 is 4.74 Å². The van der Waals surface area contributed by atoms with Crippen molar-refractivity contribution >= 4 is 0 Å². The van der Waals surface area contributed by atoms with E-state index in [4.69, 9.17) is 4.74 Å². The van der Waals surface area contributed by atoms with Crippen LogP contribution in [0.3, 0.4) is 0 Å². The second-order valence-corrected chi connectivity index (χ2v) is 5.63. The summed E-state index contributed by atoms with van der Waals surface area (Å²) < 4.78 is 5.97. The minimum atomic E-state index is 0.625. The first-order chi connectivity index (χ1) is 8.16. The number of rotatable bonds is 5. The second-order valence-electron chi connectivity index (χ2n) is 5.63. The van der Waals surface area contributed by atoms with Crippen molar-refractivity contribution in [3.63, 3.8) is 0 Å². The molecule has 2 nitrogen and oxygen atoms in total. The van der Waals surface area contributed by atoms with Crippen molar-refractivity contribution in [3.8, 4) is 5.75 Å². The lowest BCUT2D eigenvalue weighted by atomic mass is 10.00. The first-order valence-electron chi connectivity index (χ1n) is 6.76. The number of aromatic nitrogens is 1. The lowest BCUT2D eigenvalue weighted by Gasteiger charge is -2.16. The Balaban J connectivity index is 1.93. The summed E-state index contributed by atoms with van der Waals surface area (Å²) in [6.45, 7) is 7.62. The molecule has 2 rings (SSSR count). The van der Waals surface area contributed by atoms with Gasteiger partial charge in [-0.25, -0.2) is 0 Å². The predicted octanol–water partition coefficient (Wildman–Crippen LogP) is 3.63. The molecule has 0 N–H and O–H groups in total. The van der Waals surface area contributed by atoms with Crippen LogP contribution in [0.2, 0.25) is 0 Å². The summed E-state index contributed by atoms with van der Waals surface area (Å²) in [7, 11) is 0. The summed E-state index contributed by atoms with van der Waals surface area (Å²) in [5.74, 6) is 2.44. The molecular weight excluding hydrogens is 210 g/mol. The standard InChI is InChI=1S/C15H23NO/c1-11(2)9-12(3)10-17-15-7-8-16-14-6-4-5-13(14)15/h7-8,11-12H,4-6,9-10H2,1-3H3. The average molecular weight is 233 g/mol. The maximum Gasteiger partial charge on any atom is 0.125 e. The van der Waals surface area contributed by atoms with Crippen molar-refractivity contribution in [3.05, 3.63) is 23.5 Å². The van der Waals surface area contributed by atoms with Gasteiger partial charge in [-0.1, -0.05) is 20.8 Å². The third kappa shape index (κ3) is 3.21. The lowest BCUT2D eigenvalue weighted by Crippen LogP contribution is -2.12. The highest BCUT2D eigenvalue weighted by atomic mass is 16.5. The molecule has 1 unspecified atom stereocenters. The summed E-state index contributed by atoms with van der Waals surface area (Å²) in [5.41, 5.74) is 2.60. The van der Waals surface area contributed by atoms with Gasteiger partial charge in [0.1, 0.15) is 5.75 Å². The highest BCUT2D eigenvalue weighted by Gasteiger charge is 2.17. The molecule has 0 saturated carbocycles. The van der Waals surface area contributed by atoms with Gasteiger partial charge in [0, 0.05) is 17.5 Å². The van der Waals surface area contributed by atoms with Crippen molar-refractivity contribution in [2.45, 2.75) is 46.5 Å². The van der Waals surface area contributed by atoms with Crippen LogP contribution in [0.4, 0.5) is 0 Å². The minimum Gasteiger partial charge on any atom is -0.493 e. The third-order valence-electron chi connectivity index (χ3n) is 3.34. The molecule has 1 aliphatic rings. The zero-order valence-corrected chi connectivity index (χ0v) is 11.2. The zero-order valence-electron chi connectivity index (χ0n) is 11.2. The Labute approximate surface area is 104 Å². The van der Waals surface area contributed by atoms with Gasteiger partial charge in [-0.05, 0) is 43.6 Å². The summed E-state index contributed by atoms with van der Waals surface area (Å²) in [5, 5.41) is 0. The number of hydrogen-bond acceptors (Lipinski definition) is 2. The molecule has 0 spiro atoms. The molecule has 0 radical (unpaired) electrons. The summed E-state index contributed by atoms with van der Waals surface area (Å²) in [6.07, 6.45) is 6.59. The molecule has 0 aromatic carbocycles. The lowest BCUT2D eigenvalue weighted by molar-refractivity contribution is 0.237. The van der Waals surface area contributed by atoms with Crippen molar-refractivity contribution in [2.75, 3.05) is 6.61 Å². The maximum atomic E-state index is 5.97. The molecule has 0 saturated heterocycles. The minimum absolute atomic E-state index is 0.625. The number of aryl methyl sites for hydroxylation is 1. The average Bonchev–Trinajstić information content (AvgIpc) is 2.73. The summed E-state index contributed by atoms with van der Waals surface area (Å²) in [6, 6.07) is 2.02. The van der Waals surface area contributed by atoms with E-state index in [2.05, 4.69) is 25.8 Å². The molecule has 17 heavy (non-hydrogen) atoms. The largest absolute Gasteiger partial charge is 0.493 e. The van der Waals surface area contributed by atoms with E-state index in [-0.39, 0.29) is 0 Å². The molecule has 1 aliphatic carbocycles. The van der Waals surface area contributed by atoms with E-state index in [0.717, 1.165) is 31.1 Å². The van der Waals surface area contributed by atoms with Gasteiger partial charge in [0.2, 0.25) is 0 Å².